The fourth-order valence-corrected chi connectivity index (χ4v) is 3.00. The van der Waals surface area contributed by atoms with Gasteiger partial charge in [-0.2, -0.15) is 0 Å². The molecule has 0 bridgehead atoms. The summed E-state index contributed by atoms with van der Waals surface area (Å²) in [6.07, 6.45) is 0. The van der Waals surface area contributed by atoms with Crippen molar-refractivity contribution in [1.29, 1.82) is 0 Å². The second-order valence-corrected chi connectivity index (χ2v) is 6.65. The molecule has 1 fully saturated rings. The summed E-state index contributed by atoms with van der Waals surface area (Å²) in [6.45, 7) is 10.1. The molecule has 0 saturated carbocycles. The molecule has 18 heavy (non-hydrogen) atoms. The van der Waals surface area contributed by atoms with E-state index in [4.69, 9.17) is 0 Å². The number of hydrogen-bond donors (Lipinski definition) is 3. The van der Waals surface area contributed by atoms with Gasteiger partial charge < -0.3 is 5.32 Å². The predicted molar refractivity (Wildman–Crippen MR) is 75.6 cm³/mol. The van der Waals surface area contributed by atoms with Gasteiger partial charge in [-0.25, -0.2) is 5.43 Å². The van der Waals surface area contributed by atoms with Crippen molar-refractivity contribution < 1.29 is 0 Å². The highest BCUT2D eigenvalue weighted by atomic mass is 15.4. The molecule has 0 spiro atoms. The van der Waals surface area contributed by atoms with E-state index in [1.165, 1.54) is 16.8 Å². The monoisotopic (exact) mass is 245 g/mol. The van der Waals surface area contributed by atoms with Crippen LogP contribution in [-0.2, 0) is 5.41 Å². The number of benzene rings is 1. The highest BCUT2D eigenvalue weighted by molar-refractivity contribution is 5.57. The van der Waals surface area contributed by atoms with E-state index >= 15 is 0 Å². The fraction of sp³-hybridized carbons (Fsp3) is 0.600. The van der Waals surface area contributed by atoms with Crippen molar-refractivity contribution >= 4 is 5.69 Å². The van der Waals surface area contributed by atoms with E-state index in [1.807, 2.05) is 0 Å². The summed E-state index contributed by atoms with van der Waals surface area (Å²) in [5, 5.41) is 3.56. The van der Waals surface area contributed by atoms with Crippen LogP contribution in [0.2, 0.25) is 0 Å². The maximum absolute atomic E-state index is 3.56. The van der Waals surface area contributed by atoms with E-state index in [0.717, 1.165) is 6.54 Å². The van der Waals surface area contributed by atoms with E-state index in [9.17, 15) is 0 Å². The Balaban J connectivity index is 2.02. The molecule has 0 aliphatic carbocycles. The third kappa shape index (κ3) is 1.82. The van der Waals surface area contributed by atoms with Gasteiger partial charge in [0.05, 0.1) is 6.04 Å². The quantitative estimate of drug-likeness (QED) is 0.657. The van der Waals surface area contributed by atoms with Gasteiger partial charge in [-0.3, -0.25) is 5.43 Å². The van der Waals surface area contributed by atoms with Gasteiger partial charge in [0.2, 0.25) is 0 Å². The van der Waals surface area contributed by atoms with Crippen molar-refractivity contribution in [2.45, 2.75) is 45.2 Å². The zero-order chi connectivity index (χ0) is 12.9. The second kappa shape index (κ2) is 3.97. The molecule has 0 radical (unpaired) electrons. The van der Waals surface area contributed by atoms with Gasteiger partial charge in [0.25, 0.3) is 0 Å². The van der Waals surface area contributed by atoms with Crippen LogP contribution in [0.3, 0.4) is 0 Å². The van der Waals surface area contributed by atoms with Gasteiger partial charge in [0, 0.05) is 24.2 Å². The van der Waals surface area contributed by atoms with Crippen molar-refractivity contribution in [2.24, 2.45) is 5.92 Å². The van der Waals surface area contributed by atoms with Crippen LogP contribution in [0, 0.1) is 5.92 Å². The lowest BCUT2D eigenvalue weighted by atomic mass is 9.81. The molecule has 3 rings (SSSR count). The summed E-state index contributed by atoms with van der Waals surface area (Å²) in [5.74, 6) is 0.632. The number of hydrogen-bond acceptors (Lipinski definition) is 3. The standard InChI is InChI=1S/C15H23N3/c1-9-12-8-16-13-6-5-10(15(2,3)4)7-11(13)14(12)18-17-9/h5-7,9,12,14,16-18H,8H2,1-4H3. The van der Waals surface area contributed by atoms with Crippen LogP contribution in [0.5, 0.6) is 0 Å². The lowest BCUT2D eigenvalue weighted by molar-refractivity contribution is 0.443. The summed E-state index contributed by atoms with van der Waals surface area (Å²) < 4.78 is 0. The Morgan fingerprint density at radius 3 is 2.67 bits per heavy atom. The van der Waals surface area contributed by atoms with Crippen LogP contribution in [-0.4, -0.2) is 12.6 Å². The van der Waals surface area contributed by atoms with E-state index < -0.39 is 0 Å². The zero-order valence-electron chi connectivity index (χ0n) is 11.7. The largest absolute Gasteiger partial charge is 0.384 e. The minimum Gasteiger partial charge on any atom is -0.384 e. The molecule has 0 amide bonds. The van der Waals surface area contributed by atoms with Crippen LogP contribution in [0.25, 0.3) is 0 Å². The molecule has 3 heteroatoms. The molecular weight excluding hydrogens is 222 g/mol. The third-order valence-electron chi connectivity index (χ3n) is 4.32. The second-order valence-electron chi connectivity index (χ2n) is 6.65. The zero-order valence-corrected chi connectivity index (χ0v) is 11.7. The normalized spacial score (nSPS) is 30.6. The number of hydrazine groups is 1. The average Bonchev–Trinajstić information content (AvgIpc) is 2.70. The highest BCUT2D eigenvalue weighted by Crippen LogP contribution is 2.39. The topological polar surface area (TPSA) is 36.1 Å². The molecule has 0 aromatic heterocycles. The van der Waals surface area contributed by atoms with Gasteiger partial charge in [-0.05, 0) is 29.5 Å². The van der Waals surface area contributed by atoms with E-state index in [0.29, 0.717) is 18.0 Å². The van der Waals surface area contributed by atoms with Gasteiger partial charge in [0.15, 0.2) is 0 Å². The Bertz CT molecular complexity index is 461. The first-order valence-electron chi connectivity index (χ1n) is 6.86. The van der Waals surface area contributed by atoms with Crippen LogP contribution in [0.15, 0.2) is 18.2 Å². The lowest BCUT2D eigenvalue weighted by Gasteiger charge is -2.32. The summed E-state index contributed by atoms with van der Waals surface area (Å²) in [5.41, 5.74) is 11.1. The Hall–Kier alpha value is -1.06. The molecule has 1 aromatic carbocycles. The minimum atomic E-state index is 0.208. The first kappa shape index (κ1) is 12.0. The van der Waals surface area contributed by atoms with Crippen LogP contribution < -0.4 is 16.2 Å². The Kier molecular flexibility index (Phi) is 2.65. The molecule has 3 unspecified atom stereocenters. The predicted octanol–water partition coefficient (Wildman–Crippen LogP) is 2.56. The highest BCUT2D eigenvalue weighted by Gasteiger charge is 2.38. The van der Waals surface area contributed by atoms with E-state index in [1.54, 1.807) is 0 Å². The van der Waals surface area contributed by atoms with Crippen LogP contribution in [0.1, 0.15) is 44.9 Å². The Labute approximate surface area is 109 Å². The van der Waals surface area contributed by atoms with Crippen LogP contribution >= 0.6 is 0 Å². The number of nitrogens with one attached hydrogen (secondary N) is 3. The molecule has 3 atom stereocenters. The van der Waals surface area contributed by atoms with E-state index in [2.05, 4.69) is 62.1 Å². The molecule has 1 aromatic rings. The SMILES string of the molecule is CC1NNC2c3cc(C(C)(C)C)ccc3NCC12. The number of fused-ring (bicyclic) bond motifs is 3. The maximum atomic E-state index is 3.56. The molecule has 98 valence electrons. The maximum Gasteiger partial charge on any atom is 0.0543 e. The molecule has 3 N–H and O–H groups in total. The van der Waals surface area contributed by atoms with Gasteiger partial charge in [0.1, 0.15) is 0 Å². The van der Waals surface area contributed by atoms with Gasteiger partial charge in [-0.1, -0.05) is 32.9 Å². The average molecular weight is 245 g/mol. The summed E-state index contributed by atoms with van der Waals surface area (Å²) in [7, 11) is 0. The van der Waals surface area contributed by atoms with Crippen molar-refractivity contribution in [2.75, 3.05) is 11.9 Å². The molecular formula is C15H23N3. The van der Waals surface area contributed by atoms with Crippen molar-refractivity contribution in [3.63, 3.8) is 0 Å². The fourth-order valence-electron chi connectivity index (χ4n) is 3.00. The first-order chi connectivity index (χ1) is 8.47. The van der Waals surface area contributed by atoms with Crippen molar-refractivity contribution in [1.82, 2.24) is 10.9 Å². The molecule has 2 heterocycles. The molecule has 3 nitrogen and oxygen atoms in total. The van der Waals surface area contributed by atoms with Crippen molar-refractivity contribution in [3.05, 3.63) is 29.3 Å². The number of anilines is 1. The lowest BCUT2D eigenvalue weighted by Crippen LogP contribution is -2.32. The smallest absolute Gasteiger partial charge is 0.0543 e. The first-order valence-corrected chi connectivity index (χ1v) is 6.86. The molecule has 2 aliphatic heterocycles. The number of rotatable bonds is 0. The minimum absolute atomic E-state index is 0.208. The third-order valence-corrected chi connectivity index (χ3v) is 4.32. The Morgan fingerprint density at radius 2 is 1.94 bits per heavy atom. The summed E-state index contributed by atoms with van der Waals surface area (Å²) >= 11 is 0. The van der Waals surface area contributed by atoms with E-state index in [-0.39, 0.29) is 5.41 Å². The van der Waals surface area contributed by atoms with Gasteiger partial charge in [-0.15, -0.1) is 0 Å². The molecule has 1 saturated heterocycles. The van der Waals surface area contributed by atoms with Gasteiger partial charge >= 0.3 is 0 Å². The summed E-state index contributed by atoms with van der Waals surface area (Å²) in [6, 6.07) is 7.81. The van der Waals surface area contributed by atoms with Crippen molar-refractivity contribution in [3.8, 4) is 0 Å². The molecule has 2 aliphatic rings. The summed E-state index contributed by atoms with van der Waals surface area (Å²) in [4.78, 5) is 0. The van der Waals surface area contributed by atoms with Crippen LogP contribution in [0.4, 0.5) is 5.69 Å². The Morgan fingerprint density at radius 1 is 1.17 bits per heavy atom.